The number of thiazole rings is 1. The number of amides is 1. The molecule has 5 nitrogen and oxygen atoms in total. The number of likely N-dealkylation sites (tertiary alicyclic amines) is 1. The summed E-state index contributed by atoms with van der Waals surface area (Å²) < 4.78 is 5.62. The monoisotopic (exact) mass is 387 g/mol. The molecule has 4 rings (SSSR count). The first kappa shape index (κ1) is 18.7. The average Bonchev–Trinajstić information content (AvgIpc) is 3.34. The lowest BCUT2D eigenvalue weighted by Crippen LogP contribution is -2.40. The molecule has 1 N–H and O–H groups in total. The highest BCUT2D eigenvalue weighted by molar-refractivity contribution is 7.13. The van der Waals surface area contributed by atoms with E-state index in [9.17, 15) is 4.79 Å². The van der Waals surface area contributed by atoms with Crippen molar-refractivity contribution in [2.75, 3.05) is 13.1 Å². The van der Waals surface area contributed by atoms with Gasteiger partial charge in [-0.15, -0.1) is 11.3 Å². The van der Waals surface area contributed by atoms with E-state index in [2.05, 4.69) is 15.2 Å². The van der Waals surface area contributed by atoms with Gasteiger partial charge in [-0.3, -0.25) is 9.69 Å². The molecule has 1 atom stereocenters. The van der Waals surface area contributed by atoms with Crippen molar-refractivity contribution in [1.29, 1.82) is 0 Å². The molecule has 2 aromatic rings. The number of furan rings is 1. The topological polar surface area (TPSA) is 58.4 Å². The molecule has 0 aromatic carbocycles. The highest BCUT2D eigenvalue weighted by Gasteiger charge is 2.29. The largest absolute Gasteiger partial charge is 0.459 e. The van der Waals surface area contributed by atoms with Crippen molar-refractivity contribution in [2.45, 2.75) is 70.4 Å². The van der Waals surface area contributed by atoms with Crippen LogP contribution in [0.15, 0.2) is 21.9 Å². The van der Waals surface area contributed by atoms with Gasteiger partial charge >= 0.3 is 0 Å². The lowest BCUT2D eigenvalue weighted by atomic mass is 10.1. The molecule has 1 amide bonds. The number of hydrogen-bond acceptors (Lipinski definition) is 5. The molecule has 2 aliphatic rings. The van der Waals surface area contributed by atoms with E-state index in [1.54, 1.807) is 0 Å². The fourth-order valence-corrected chi connectivity index (χ4v) is 5.13. The molecule has 146 valence electrons. The van der Waals surface area contributed by atoms with Crippen molar-refractivity contribution in [3.05, 3.63) is 29.0 Å². The molecule has 0 radical (unpaired) electrons. The Labute approximate surface area is 165 Å². The number of nitrogens with zero attached hydrogens (tertiary/aromatic N) is 2. The van der Waals surface area contributed by atoms with Crippen molar-refractivity contribution in [2.24, 2.45) is 0 Å². The van der Waals surface area contributed by atoms with Gasteiger partial charge in [-0.05, 0) is 38.3 Å². The molecule has 3 heterocycles. The van der Waals surface area contributed by atoms with Gasteiger partial charge in [-0.2, -0.15) is 0 Å². The van der Waals surface area contributed by atoms with E-state index < -0.39 is 0 Å². The van der Waals surface area contributed by atoms with E-state index in [0.717, 1.165) is 47.8 Å². The second kappa shape index (κ2) is 8.57. The maximum Gasteiger partial charge on any atom is 0.226 e. The van der Waals surface area contributed by atoms with Gasteiger partial charge < -0.3 is 9.73 Å². The Kier molecular flexibility index (Phi) is 5.93. The normalized spacial score (nSPS) is 22.0. The molecule has 1 aliphatic heterocycles. The van der Waals surface area contributed by atoms with E-state index in [1.165, 1.54) is 49.9 Å². The predicted molar refractivity (Wildman–Crippen MR) is 108 cm³/mol. The number of carbonyl (C=O) groups excluding carboxylic acids is 1. The second-order valence-electron chi connectivity index (χ2n) is 7.92. The van der Waals surface area contributed by atoms with Crippen LogP contribution in [0.1, 0.15) is 56.4 Å². The first-order valence-electron chi connectivity index (χ1n) is 10.2. The number of carbonyl (C=O) groups is 1. The Balaban J connectivity index is 1.27. The number of aromatic nitrogens is 1. The van der Waals surface area contributed by atoms with Crippen LogP contribution in [0.25, 0.3) is 10.8 Å². The van der Waals surface area contributed by atoms with Crippen molar-refractivity contribution in [3.63, 3.8) is 0 Å². The van der Waals surface area contributed by atoms with E-state index in [-0.39, 0.29) is 11.9 Å². The average molecular weight is 388 g/mol. The van der Waals surface area contributed by atoms with Crippen LogP contribution in [0.2, 0.25) is 0 Å². The third-order valence-electron chi connectivity index (χ3n) is 5.77. The quantitative estimate of drug-likeness (QED) is 0.783. The van der Waals surface area contributed by atoms with Crippen LogP contribution < -0.4 is 5.32 Å². The molecule has 27 heavy (non-hydrogen) atoms. The molecule has 2 aromatic heterocycles. The third-order valence-corrected chi connectivity index (χ3v) is 6.68. The summed E-state index contributed by atoms with van der Waals surface area (Å²) >= 11 is 1.53. The summed E-state index contributed by atoms with van der Waals surface area (Å²) in [5.41, 5.74) is 0.820. The molecule has 1 saturated carbocycles. The predicted octanol–water partition coefficient (Wildman–Crippen LogP) is 4.17. The third kappa shape index (κ3) is 4.79. The summed E-state index contributed by atoms with van der Waals surface area (Å²) in [5, 5.41) is 6.02. The molecule has 1 saturated heterocycles. The fraction of sp³-hybridized carbons (Fsp3) is 0.619. The van der Waals surface area contributed by atoms with Crippen LogP contribution in [0, 0.1) is 6.92 Å². The summed E-state index contributed by atoms with van der Waals surface area (Å²) in [6.45, 7) is 4.05. The van der Waals surface area contributed by atoms with Crippen LogP contribution in [0.4, 0.5) is 0 Å². The first-order chi connectivity index (χ1) is 13.2. The summed E-state index contributed by atoms with van der Waals surface area (Å²) in [4.78, 5) is 19.6. The summed E-state index contributed by atoms with van der Waals surface area (Å²) in [6.07, 6.45) is 9.56. The molecule has 1 aliphatic carbocycles. The highest BCUT2D eigenvalue weighted by Crippen LogP contribution is 2.26. The molecule has 0 spiro atoms. The second-order valence-corrected chi connectivity index (χ2v) is 8.78. The zero-order valence-corrected chi connectivity index (χ0v) is 16.9. The van der Waals surface area contributed by atoms with Crippen LogP contribution in [-0.4, -0.2) is 41.0 Å². The standard InChI is InChI=1S/C21H29N3O2S/c1-15-8-9-19(26-15)21-23-17(14-27-21)12-20(25)22-16-10-11-24(13-16)18-6-4-2-3-5-7-18/h8-9,14,16,18H,2-7,10-13H2,1H3,(H,22,25). The lowest BCUT2D eigenvalue weighted by molar-refractivity contribution is -0.121. The number of aryl methyl sites for hydroxylation is 1. The Hall–Kier alpha value is -1.66. The fourth-order valence-electron chi connectivity index (χ4n) is 4.35. The van der Waals surface area contributed by atoms with Crippen LogP contribution in [-0.2, 0) is 11.2 Å². The van der Waals surface area contributed by atoms with Crippen molar-refractivity contribution in [1.82, 2.24) is 15.2 Å². The number of nitrogens with one attached hydrogen (secondary N) is 1. The van der Waals surface area contributed by atoms with Crippen molar-refractivity contribution >= 4 is 17.2 Å². The molecule has 1 unspecified atom stereocenters. The van der Waals surface area contributed by atoms with Gasteiger partial charge in [-0.25, -0.2) is 4.98 Å². The van der Waals surface area contributed by atoms with E-state index in [0.29, 0.717) is 6.42 Å². The first-order valence-corrected chi connectivity index (χ1v) is 11.1. The number of rotatable bonds is 5. The van der Waals surface area contributed by atoms with Gasteiger partial charge in [0.2, 0.25) is 5.91 Å². The Morgan fingerprint density at radius 2 is 2.07 bits per heavy atom. The minimum atomic E-state index is 0.0789. The Bertz CT molecular complexity index is 761. The maximum absolute atomic E-state index is 12.5. The van der Waals surface area contributed by atoms with E-state index in [1.807, 2.05) is 24.4 Å². The van der Waals surface area contributed by atoms with E-state index in [4.69, 9.17) is 4.42 Å². The van der Waals surface area contributed by atoms with E-state index >= 15 is 0 Å². The minimum Gasteiger partial charge on any atom is -0.459 e. The lowest BCUT2D eigenvalue weighted by Gasteiger charge is -2.26. The van der Waals surface area contributed by atoms with Crippen molar-refractivity contribution in [3.8, 4) is 10.8 Å². The maximum atomic E-state index is 12.5. The minimum absolute atomic E-state index is 0.0789. The zero-order valence-electron chi connectivity index (χ0n) is 16.1. The van der Waals surface area contributed by atoms with Gasteiger partial charge in [0, 0.05) is 30.6 Å². The highest BCUT2D eigenvalue weighted by atomic mass is 32.1. The van der Waals surface area contributed by atoms with Gasteiger partial charge in [-0.1, -0.05) is 25.7 Å². The Morgan fingerprint density at radius 1 is 1.26 bits per heavy atom. The SMILES string of the molecule is Cc1ccc(-c2nc(CC(=O)NC3CCN(C4CCCCCC4)C3)cs2)o1. The van der Waals surface area contributed by atoms with Crippen LogP contribution >= 0.6 is 11.3 Å². The molecule has 6 heteroatoms. The molecular formula is C21H29N3O2S. The van der Waals surface area contributed by atoms with Gasteiger partial charge in [0.05, 0.1) is 12.1 Å². The van der Waals surface area contributed by atoms with Crippen molar-refractivity contribution < 1.29 is 9.21 Å². The smallest absolute Gasteiger partial charge is 0.226 e. The summed E-state index contributed by atoms with van der Waals surface area (Å²) in [6, 6.07) is 4.88. The number of hydrogen-bond donors (Lipinski definition) is 1. The molecular weight excluding hydrogens is 358 g/mol. The van der Waals surface area contributed by atoms with Crippen LogP contribution in [0.3, 0.4) is 0 Å². The molecule has 0 bridgehead atoms. The summed E-state index contributed by atoms with van der Waals surface area (Å²) in [5.74, 6) is 1.73. The zero-order chi connectivity index (χ0) is 18.6. The van der Waals surface area contributed by atoms with Gasteiger partial charge in [0.25, 0.3) is 0 Å². The van der Waals surface area contributed by atoms with Gasteiger partial charge in [0.15, 0.2) is 10.8 Å². The molecule has 2 fully saturated rings. The Morgan fingerprint density at radius 3 is 2.81 bits per heavy atom. The van der Waals surface area contributed by atoms with Crippen LogP contribution in [0.5, 0.6) is 0 Å². The summed E-state index contributed by atoms with van der Waals surface area (Å²) in [7, 11) is 0. The van der Waals surface area contributed by atoms with Gasteiger partial charge in [0.1, 0.15) is 5.76 Å².